The molecule has 2 aromatic rings. The molecule has 4 nitrogen and oxygen atoms in total. The number of aromatic nitrogens is 2. The van der Waals surface area contributed by atoms with Crippen molar-refractivity contribution in [1.29, 1.82) is 0 Å². The number of anilines is 1. The summed E-state index contributed by atoms with van der Waals surface area (Å²) in [7, 11) is 0. The number of H-pyrrole nitrogens is 1. The van der Waals surface area contributed by atoms with E-state index in [1.54, 1.807) is 0 Å². The summed E-state index contributed by atoms with van der Waals surface area (Å²) < 4.78 is 6.16. The molecule has 0 aliphatic heterocycles. The molecule has 0 radical (unpaired) electrons. The number of nitrogens with zero attached hydrogens (tertiary/aromatic N) is 1. The van der Waals surface area contributed by atoms with Crippen molar-refractivity contribution < 1.29 is 4.42 Å². The van der Waals surface area contributed by atoms with Crippen LogP contribution in [0.5, 0.6) is 0 Å². The molecule has 0 aliphatic carbocycles. The predicted octanol–water partition coefficient (Wildman–Crippen LogP) is 2.97. The van der Waals surface area contributed by atoms with E-state index >= 15 is 0 Å². The van der Waals surface area contributed by atoms with Crippen LogP contribution < -0.4 is 5.73 Å². The summed E-state index contributed by atoms with van der Waals surface area (Å²) in [6, 6.07) is 3.73. The largest absolute Gasteiger partial charge is 0.448 e. The molecule has 0 spiro atoms. The number of nitrogens with one attached hydrogen (secondary N) is 1. The number of nitrogens with two attached hydrogens (primary N) is 1. The normalized spacial score (nSPS) is 10.8. The van der Waals surface area contributed by atoms with Crippen molar-refractivity contribution in [2.75, 3.05) is 5.73 Å². The maximum Gasteiger partial charge on any atom is 0.169 e. The highest BCUT2D eigenvalue weighted by Gasteiger charge is 2.14. The number of furan rings is 1. The first kappa shape index (κ1) is 10.3. The van der Waals surface area contributed by atoms with Crippen LogP contribution in [0.3, 0.4) is 0 Å². The van der Waals surface area contributed by atoms with Gasteiger partial charge in [-0.15, -0.1) is 0 Å². The first-order valence-electron chi connectivity index (χ1n) is 4.80. The average molecular weight is 270 g/mol. The maximum absolute atomic E-state index is 5.78. The zero-order valence-corrected chi connectivity index (χ0v) is 9.97. The maximum atomic E-state index is 5.78. The van der Waals surface area contributed by atoms with Gasteiger partial charge in [-0.25, -0.2) is 0 Å². The van der Waals surface area contributed by atoms with Gasteiger partial charge >= 0.3 is 0 Å². The second-order valence-corrected chi connectivity index (χ2v) is 4.10. The molecule has 80 valence electrons. The van der Waals surface area contributed by atoms with Gasteiger partial charge in [0.1, 0.15) is 11.5 Å². The van der Waals surface area contributed by atoms with Gasteiger partial charge in [0.05, 0.1) is 0 Å². The average Bonchev–Trinajstić information content (AvgIpc) is 2.76. The van der Waals surface area contributed by atoms with E-state index in [0.717, 1.165) is 29.9 Å². The topological polar surface area (TPSA) is 67.8 Å². The number of nitrogen functional groups attached to an aromatic ring is 1. The van der Waals surface area contributed by atoms with Crippen LogP contribution in [-0.4, -0.2) is 10.2 Å². The smallest absolute Gasteiger partial charge is 0.169 e. The van der Waals surface area contributed by atoms with E-state index < -0.39 is 0 Å². The van der Waals surface area contributed by atoms with Crippen LogP contribution in [0.4, 0.5) is 5.82 Å². The number of hydrogen-bond donors (Lipinski definition) is 2. The van der Waals surface area contributed by atoms with Crippen LogP contribution in [0.15, 0.2) is 21.2 Å². The highest BCUT2D eigenvalue weighted by atomic mass is 79.9. The Balaban J connectivity index is 2.43. The van der Waals surface area contributed by atoms with Gasteiger partial charge in [0.25, 0.3) is 0 Å². The van der Waals surface area contributed by atoms with Gasteiger partial charge in [-0.3, -0.25) is 5.10 Å². The van der Waals surface area contributed by atoms with Crippen LogP contribution >= 0.6 is 15.9 Å². The third-order valence-corrected chi connectivity index (χ3v) is 2.64. The van der Waals surface area contributed by atoms with Crippen molar-refractivity contribution in [2.45, 2.75) is 19.8 Å². The molecule has 0 unspecified atom stereocenters. The molecule has 0 bridgehead atoms. The minimum Gasteiger partial charge on any atom is -0.448 e. The lowest BCUT2D eigenvalue weighted by atomic mass is 10.1. The fourth-order valence-electron chi connectivity index (χ4n) is 1.53. The summed E-state index contributed by atoms with van der Waals surface area (Å²) in [4.78, 5) is 0. The fourth-order valence-corrected chi connectivity index (χ4v) is 1.84. The fraction of sp³-hybridized carbons (Fsp3) is 0.300. The van der Waals surface area contributed by atoms with Crippen molar-refractivity contribution in [3.8, 4) is 11.5 Å². The molecule has 0 aliphatic rings. The summed E-state index contributed by atoms with van der Waals surface area (Å²) in [5.41, 5.74) is 7.68. The summed E-state index contributed by atoms with van der Waals surface area (Å²) >= 11 is 3.27. The van der Waals surface area contributed by atoms with Crippen LogP contribution in [-0.2, 0) is 6.42 Å². The third-order valence-electron chi connectivity index (χ3n) is 2.22. The molecule has 2 aromatic heterocycles. The van der Waals surface area contributed by atoms with Gasteiger partial charge in [-0.1, -0.05) is 13.3 Å². The Hall–Kier alpha value is -1.23. The molecular formula is C10H12BrN3O. The van der Waals surface area contributed by atoms with Crippen LogP contribution in [0, 0.1) is 0 Å². The van der Waals surface area contributed by atoms with Gasteiger partial charge in [0.2, 0.25) is 0 Å². The molecule has 2 heterocycles. The number of hydrogen-bond acceptors (Lipinski definition) is 3. The lowest BCUT2D eigenvalue weighted by molar-refractivity contribution is 0.553. The highest BCUT2D eigenvalue weighted by molar-refractivity contribution is 9.10. The van der Waals surface area contributed by atoms with Gasteiger partial charge in [0.15, 0.2) is 10.4 Å². The van der Waals surface area contributed by atoms with E-state index in [1.165, 1.54) is 0 Å². The molecule has 0 amide bonds. The molecule has 3 N–H and O–H groups in total. The van der Waals surface area contributed by atoms with Crippen molar-refractivity contribution in [2.24, 2.45) is 0 Å². The summed E-state index contributed by atoms with van der Waals surface area (Å²) in [6.45, 7) is 2.11. The molecule has 5 heteroatoms. The first-order valence-corrected chi connectivity index (χ1v) is 5.60. The monoisotopic (exact) mass is 269 g/mol. The quantitative estimate of drug-likeness (QED) is 0.900. The van der Waals surface area contributed by atoms with Gasteiger partial charge < -0.3 is 10.2 Å². The second-order valence-electron chi connectivity index (χ2n) is 3.32. The van der Waals surface area contributed by atoms with E-state index in [1.807, 2.05) is 12.1 Å². The highest BCUT2D eigenvalue weighted by Crippen LogP contribution is 2.29. The molecule has 2 rings (SSSR count). The Bertz CT molecular complexity index is 461. The number of rotatable bonds is 3. The van der Waals surface area contributed by atoms with E-state index in [4.69, 9.17) is 10.2 Å². The number of aromatic amines is 1. The molecule has 0 saturated heterocycles. The SMILES string of the molecule is CCCc1c(N)n[nH]c1-c1ccc(Br)o1. The Morgan fingerprint density at radius 1 is 1.53 bits per heavy atom. The van der Waals surface area contributed by atoms with Crippen molar-refractivity contribution in [3.63, 3.8) is 0 Å². The van der Waals surface area contributed by atoms with E-state index in [0.29, 0.717) is 10.5 Å². The lowest BCUT2D eigenvalue weighted by Crippen LogP contribution is -1.92. The Morgan fingerprint density at radius 2 is 2.33 bits per heavy atom. The first-order chi connectivity index (χ1) is 7.22. The van der Waals surface area contributed by atoms with Crippen LogP contribution in [0.2, 0.25) is 0 Å². The summed E-state index contributed by atoms with van der Waals surface area (Å²) in [5.74, 6) is 1.31. The van der Waals surface area contributed by atoms with Crippen molar-refractivity contribution in [1.82, 2.24) is 10.2 Å². The third kappa shape index (κ3) is 1.92. The molecule has 0 aromatic carbocycles. The van der Waals surface area contributed by atoms with E-state index in [9.17, 15) is 0 Å². The van der Waals surface area contributed by atoms with Crippen LogP contribution in [0.25, 0.3) is 11.5 Å². The minimum absolute atomic E-state index is 0.555. The lowest BCUT2D eigenvalue weighted by Gasteiger charge is -1.98. The summed E-state index contributed by atoms with van der Waals surface area (Å²) in [5, 5.41) is 6.90. The standard InChI is InChI=1S/C10H12BrN3O/c1-2-3-6-9(13-14-10(6)12)7-4-5-8(11)15-7/h4-5H,2-3H2,1H3,(H3,12,13,14). The van der Waals surface area contributed by atoms with E-state index in [2.05, 4.69) is 33.1 Å². The Morgan fingerprint density at radius 3 is 2.93 bits per heavy atom. The predicted molar refractivity (Wildman–Crippen MR) is 62.4 cm³/mol. The zero-order valence-electron chi connectivity index (χ0n) is 8.38. The van der Waals surface area contributed by atoms with Crippen LogP contribution in [0.1, 0.15) is 18.9 Å². The van der Waals surface area contributed by atoms with Gasteiger partial charge in [0, 0.05) is 5.56 Å². The molecule has 0 saturated carbocycles. The zero-order chi connectivity index (χ0) is 10.8. The summed E-state index contributed by atoms with van der Waals surface area (Å²) in [6.07, 6.45) is 1.93. The minimum atomic E-state index is 0.555. The molecule has 0 atom stereocenters. The van der Waals surface area contributed by atoms with E-state index in [-0.39, 0.29) is 0 Å². The Labute approximate surface area is 96.0 Å². The number of halogens is 1. The van der Waals surface area contributed by atoms with Gasteiger partial charge in [-0.2, -0.15) is 5.10 Å². The van der Waals surface area contributed by atoms with Gasteiger partial charge in [-0.05, 0) is 34.5 Å². The van der Waals surface area contributed by atoms with Crippen molar-refractivity contribution in [3.05, 3.63) is 22.4 Å². The molecule has 0 fully saturated rings. The van der Waals surface area contributed by atoms with Crippen molar-refractivity contribution >= 4 is 21.7 Å². The molecule has 15 heavy (non-hydrogen) atoms. The Kier molecular flexibility index (Phi) is 2.81. The second kappa shape index (κ2) is 4.10. The molecular weight excluding hydrogens is 258 g/mol.